The summed E-state index contributed by atoms with van der Waals surface area (Å²) in [6, 6.07) is 11.7. The van der Waals surface area contributed by atoms with E-state index in [0.29, 0.717) is 18.0 Å². The predicted molar refractivity (Wildman–Crippen MR) is 88.3 cm³/mol. The van der Waals surface area contributed by atoms with E-state index in [-0.39, 0.29) is 11.9 Å². The van der Waals surface area contributed by atoms with E-state index in [2.05, 4.69) is 14.7 Å². The Morgan fingerprint density at radius 2 is 2.12 bits per heavy atom. The second kappa shape index (κ2) is 6.31. The number of amides is 1. The molecule has 0 bridgehead atoms. The first-order chi connectivity index (χ1) is 11.8. The molecule has 1 aromatic carbocycles. The highest BCUT2D eigenvalue weighted by molar-refractivity contribution is 5.93. The summed E-state index contributed by atoms with van der Waals surface area (Å²) < 4.78 is 7.42. The van der Waals surface area contributed by atoms with Gasteiger partial charge in [-0.15, -0.1) is 0 Å². The first-order valence-electron chi connectivity index (χ1n) is 8.10. The normalized spacial score (nSPS) is 17.8. The summed E-state index contributed by atoms with van der Waals surface area (Å²) in [4.78, 5) is 18.7. The molecule has 6 nitrogen and oxygen atoms in total. The second-order valence-corrected chi connectivity index (χ2v) is 6.00. The van der Waals surface area contributed by atoms with Crippen LogP contribution in [0.5, 0.6) is 0 Å². The van der Waals surface area contributed by atoms with Gasteiger partial charge < -0.3 is 14.0 Å². The zero-order valence-corrected chi connectivity index (χ0v) is 13.2. The Labute approximate surface area is 139 Å². The molecule has 24 heavy (non-hydrogen) atoms. The molecule has 0 spiro atoms. The summed E-state index contributed by atoms with van der Waals surface area (Å²) in [5.41, 5.74) is 1.28. The van der Waals surface area contributed by atoms with Gasteiger partial charge in [-0.2, -0.15) is 0 Å². The molecule has 0 saturated carbocycles. The molecule has 1 saturated heterocycles. The monoisotopic (exact) mass is 322 g/mol. The third-order valence-electron chi connectivity index (χ3n) is 4.42. The van der Waals surface area contributed by atoms with Gasteiger partial charge in [0.1, 0.15) is 0 Å². The number of likely N-dealkylation sites (tertiary alicyclic amines) is 1. The van der Waals surface area contributed by atoms with Gasteiger partial charge >= 0.3 is 0 Å². The van der Waals surface area contributed by atoms with E-state index >= 15 is 0 Å². The van der Waals surface area contributed by atoms with Crippen LogP contribution in [-0.4, -0.2) is 38.6 Å². The fourth-order valence-electron chi connectivity index (χ4n) is 3.14. The standard InChI is InChI=1S/C18H18N4O2/c23-18(16-11-17(24-20-16)14-5-2-1-3-6-14)21-9-4-7-15(12-21)22-10-8-19-13-22/h1-3,5-6,8,10-11,13,15H,4,7,9,12H2/t15-/m1/s1. The lowest BCUT2D eigenvalue weighted by Crippen LogP contribution is -2.40. The number of carbonyl (C=O) groups is 1. The van der Waals surface area contributed by atoms with Crippen LogP contribution in [0.2, 0.25) is 0 Å². The maximum Gasteiger partial charge on any atom is 0.276 e. The van der Waals surface area contributed by atoms with Crippen LogP contribution in [0.1, 0.15) is 29.4 Å². The van der Waals surface area contributed by atoms with Crippen LogP contribution in [0.3, 0.4) is 0 Å². The number of nitrogens with zero attached hydrogens (tertiary/aromatic N) is 4. The fraction of sp³-hybridized carbons (Fsp3) is 0.278. The minimum Gasteiger partial charge on any atom is -0.355 e. The van der Waals surface area contributed by atoms with Gasteiger partial charge in [-0.05, 0) is 12.8 Å². The summed E-state index contributed by atoms with van der Waals surface area (Å²) in [5, 5.41) is 3.97. The SMILES string of the molecule is O=C(c1cc(-c2ccccc2)on1)N1CCC[C@@H](n2ccnc2)C1. The maximum atomic E-state index is 12.7. The van der Waals surface area contributed by atoms with Gasteiger partial charge in [-0.3, -0.25) is 4.79 Å². The highest BCUT2D eigenvalue weighted by Gasteiger charge is 2.27. The van der Waals surface area contributed by atoms with E-state index in [1.54, 1.807) is 12.3 Å². The summed E-state index contributed by atoms with van der Waals surface area (Å²) in [7, 11) is 0. The van der Waals surface area contributed by atoms with Crippen molar-refractivity contribution >= 4 is 5.91 Å². The number of piperidine rings is 1. The summed E-state index contributed by atoms with van der Waals surface area (Å²) in [6.07, 6.45) is 7.54. The van der Waals surface area contributed by atoms with E-state index in [1.807, 2.05) is 47.8 Å². The number of hydrogen-bond donors (Lipinski definition) is 0. The molecule has 0 unspecified atom stereocenters. The van der Waals surface area contributed by atoms with Crippen LogP contribution in [0, 0.1) is 0 Å². The lowest BCUT2D eigenvalue weighted by atomic mass is 10.1. The van der Waals surface area contributed by atoms with E-state index in [4.69, 9.17) is 4.52 Å². The molecule has 1 amide bonds. The molecule has 4 rings (SSSR count). The molecule has 3 heterocycles. The largest absolute Gasteiger partial charge is 0.355 e. The molecular weight excluding hydrogens is 304 g/mol. The van der Waals surface area contributed by atoms with E-state index in [1.165, 1.54) is 0 Å². The van der Waals surface area contributed by atoms with Crippen molar-refractivity contribution in [2.24, 2.45) is 0 Å². The summed E-state index contributed by atoms with van der Waals surface area (Å²) >= 11 is 0. The summed E-state index contributed by atoms with van der Waals surface area (Å²) in [5.74, 6) is 0.535. The average molecular weight is 322 g/mol. The molecule has 6 heteroatoms. The van der Waals surface area contributed by atoms with Crippen LogP contribution in [0.15, 0.2) is 59.6 Å². The molecule has 2 aromatic heterocycles. The molecule has 122 valence electrons. The van der Waals surface area contributed by atoms with Gasteiger partial charge in [0, 0.05) is 37.1 Å². The van der Waals surface area contributed by atoms with Gasteiger partial charge in [0.15, 0.2) is 11.5 Å². The van der Waals surface area contributed by atoms with Gasteiger partial charge in [0.05, 0.1) is 12.4 Å². The van der Waals surface area contributed by atoms with Crippen LogP contribution in [-0.2, 0) is 0 Å². The number of carbonyl (C=O) groups excluding carboxylic acids is 1. The highest BCUT2D eigenvalue weighted by atomic mass is 16.5. The van der Waals surface area contributed by atoms with Crippen molar-refractivity contribution in [3.63, 3.8) is 0 Å². The number of hydrogen-bond acceptors (Lipinski definition) is 4. The molecule has 1 fully saturated rings. The van der Waals surface area contributed by atoms with Crippen molar-refractivity contribution in [3.8, 4) is 11.3 Å². The van der Waals surface area contributed by atoms with Crippen LogP contribution in [0.25, 0.3) is 11.3 Å². The molecular formula is C18H18N4O2. The van der Waals surface area contributed by atoms with Gasteiger partial charge in [0.25, 0.3) is 5.91 Å². The quantitative estimate of drug-likeness (QED) is 0.743. The van der Waals surface area contributed by atoms with Gasteiger partial charge in [-0.25, -0.2) is 4.98 Å². The zero-order valence-electron chi connectivity index (χ0n) is 13.2. The predicted octanol–water partition coefficient (Wildman–Crippen LogP) is 3.02. The van der Waals surface area contributed by atoms with E-state index in [9.17, 15) is 4.79 Å². The number of imidazole rings is 1. The first-order valence-corrected chi connectivity index (χ1v) is 8.10. The minimum atomic E-state index is -0.0780. The summed E-state index contributed by atoms with van der Waals surface area (Å²) in [6.45, 7) is 1.42. The van der Waals surface area contributed by atoms with Crippen molar-refractivity contribution < 1.29 is 9.32 Å². The second-order valence-electron chi connectivity index (χ2n) is 6.00. The molecule has 3 aromatic rings. The first kappa shape index (κ1) is 14.7. The number of aromatic nitrogens is 3. The smallest absolute Gasteiger partial charge is 0.276 e. The molecule has 0 radical (unpaired) electrons. The van der Waals surface area contributed by atoms with E-state index in [0.717, 1.165) is 24.9 Å². The van der Waals surface area contributed by atoms with Crippen molar-refractivity contribution in [3.05, 3.63) is 60.8 Å². The topological polar surface area (TPSA) is 64.2 Å². The third kappa shape index (κ3) is 2.82. The van der Waals surface area contributed by atoms with Crippen molar-refractivity contribution in [2.45, 2.75) is 18.9 Å². The van der Waals surface area contributed by atoms with Gasteiger partial charge in [0.2, 0.25) is 0 Å². The highest BCUT2D eigenvalue weighted by Crippen LogP contribution is 2.24. The Morgan fingerprint density at radius 3 is 2.92 bits per heavy atom. The Morgan fingerprint density at radius 1 is 1.25 bits per heavy atom. The van der Waals surface area contributed by atoms with Gasteiger partial charge in [-0.1, -0.05) is 35.5 Å². The van der Waals surface area contributed by atoms with Crippen LogP contribution < -0.4 is 0 Å². The van der Waals surface area contributed by atoms with Crippen molar-refractivity contribution in [2.75, 3.05) is 13.1 Å². The lowest BCUT2D eigenvalue weighted by Gasteiger charge is -2.32. The number of rotatable bonds is 3. The molecule has 1 aliphatic heterocycles. The zero-order chi connectivity index (χ0) is 16.4. The van der Waals surface area contributed by atoms with Crippen LogP contribution in [0.4, 0.5) is 0 Å². The molecule has 0 N–H and O–H groups in total. The van der Waals surface area contributed by atoms with Crippen molar-refractivity contribution in [1.82, 2.24) is 19.6 Å². The Hall–Kier alpha value is -2.89. The Balaban J connectivity index is 1.50. The minimum absolute atomic E-state index is 0.0780. The molecule has 1 atom stereocenters. The van der Waals surface area contributed by atoms with E-state index < -0.39 is 0 Å². The lowest BCUT2D eigenvalue weighted by molar-refractivity contribution is 0.0669. The maximum absolute atomic E-state index is 12.7. The number of benzene rings is 1. The Kier molecular flexibility index (Phi) is 3.86. The fourth-order valence-corrected chi connectivity index (χ4v) is 3.14. The third-order valence-corrected chi connectivity index (χ3v) is 4.42. The van der Waals surface area contributed by atoms with Crippen LogP contribution >= 0.6 is 0 Å². The Bertz CT molecular complexity index is 811. The van der Waals surface area contributed by atoms with Crippen molar-refractivity contribution in [1.29, 1.82) is 0 Å². The molecule has 1 aliphatic rings. The average Bonchev–Trinajstić information content (AvgIpc) is 3.34. The molecule has 0 aliphatic carbocycles.